The van der Waals surface area contributed by atoms with Crippen LogP contribution in [0, 0.1) is 0 Å². The van der Waals surface area contributed by atoms with Crippen molar-refractivity contribution in [2.75, 3.05) is 5.73 Å². The van der Waals surface area contributed by atoms with Crippen molar-refractivity contribution in [3.8, 4) is 0 Å². The Bertz CT molecular complexity index is 517. The van der Waals surface area contributed by atoms with Gasteiger partial charge in [-0.15, -0.1) is 0 Å². The number of anilines is 1. The van der Waals surface area contributed by atoms with Gasteiger partial charge in [-0.25, -0.2) is 4.98 Å². The van der Waals surface area contributed by atoms with Crippen molar-refractivity contribution in [3.05, 3.63) is 45.8 Å². The summed E-state index contributed by atoms with van der Waals surface area (Å²) in [6, 6.07) is 4.19. The van der Waals surface area contributed by atoms with Crippen LogP contribution in [0.1, 0.15) is 22.7 Å². The van der Waals surface area contributed by atoms with Crippen LogP contribution in [0.4, 0.5) is 5.82 Å². The highest BCUT2D eigenvalue weighted by molar-refractivity contribution is 7.08. The summed E-state index contributed by atoms with van der Waals surface area (Å²) in [6.07, 6.45) is 3.56. The first kappa shape index (κ1) is 8.61. The molecule has 0 aliphatic carbocycles. The van der Waals surface area contributed by atoms with E-state index in [2.05, 4.69) is 26.8 Å². The average Bonchev–Trinajstić information content (AvgIpc) is 2.85. The highest BCUT2D eigenvalue weighted by Crippen LogP contribution is 2.34. The van der Waals surface area contributed by atoms with Crippen LogP contribution in [0.25, 0.3) is 0 Å². The zero-order chi connectivity index (χ0) is 10.3. The first-order valence-electron chi connectivity index (χ1n) is 4.66. The quantitative estimate of drug-likeness (QED) is 0.793. The van der Waals surface area contributed by atoms with Crippen LogP contribution in [-0.4, -0.2) is 11.2 Å². The number of aromatic nitrogens is 1. The number of nitrogen functional groups attached to an aromatic ring is 1. The van der Waals surface area contributed by atoms with E-state index in [1.165, 1.54) is 5.56 Å². The second-order valence-corrected chi connectivity index (χ2v) is 4.22. The standard InChI is InChI=1S/C11H9N3S/c12-11-9-5-14-10(7-2-4-15-6-7)8(9)1-3-13-11/h1-6,10H,(H2,12,13)/t10-/m0/s1. The van der Waals surface area contributed by atoms with E-state index in [-0.39, 0.29) is 6.04 Å². The lowest BCUT2D eigenvalue weighted by Gasteiger charge is -2.07. The van der Waals surface area contributed by atoms with E-state index in [9.17, 15) is 0 Å². The number of fused-ring (bicyclic) bond motifs is 1. The number of thiophene rings is 1. The molecule has 2 aromatic heterocycles. The van der Waals surface area contributed by atoms with Gasteiger partial charge in [-0.1, -0.05) is 0 Å². The molecule has 0 bridgehead atoms. The Kier molecular flexibility index (Phi) is 1.82. The van der Waals surface area contributed by atoms with Crippen molar-refractivity contribution < 1.29 is 0 Å². The van der Waals surface area contributed by atoms with E-state index in [0.29, 0.717) is 5.82 Å². The zero-order valence-electron chi connectivity index (χ0n) is 7.92. The highest BCUT2D eigenvalue weighted by Gasteiger charge is 2.22. The molecule has 3 heterocycles. The molecule has 3 rings (SSSR count). The first-order chi connectivity index (χ1) is 7.36. The molecule has 0 radical (unpaired) electrons. The predicted molar refractivity (Wildman–Crippen MR) is 62.4 cm³/mol. The van der Waals surface area contributed by atoms with Crippen LogP contribution in [0.3, 0.4) is 0 Å². The Morgan fingerprint density at radius 1 is 1.33 bits per heavy atom. The third kappa shape index (κ3) is 1.26. The molecule has 1 aliphatic heterocycles. The molecule has 15 heavy (non-hydrogen) atoms. The van der Waals surface area contributed by atoms with Crippen molar-refractivity contribution in [1.29, 1.82) is 0 Å². The third-order valence-corrected chi connectivity index (χ3v) is 3.26. The van der Waals surface area contributed by atoms with Gasteiger partial charge in [-0.2, -0.15) is 11.3 Å². The number of rotatable bonds is 1. The molecule has 3 nitrogen and oxygen atoms in total. The molecular formula is C11H9N3S. The molecule has 0 saturated carbocycles. The Labute approximate surface area is 91.3 Å². The summed E-state index contributed by atoms with van der Waals surface area (Å²) in [5, 5.41) is 4.18. The molecule has 0 spiro atoms. The lowest BCUT2D eigenvalue weighted by atomic mass is 10.0. The summed E-state index contributed by atoms with van der Waals surface area (Å²) in [4.78, 5) is 8.52. The summed E-state index contributed by atoms with van der Waals surface area (Å²) in [5.41, 5.74) is 9.13. The lowest BCUT2D eigenvalue weighted by molar-refractivity contribution is 0.903. The van der Waals surface area contributed by atoms with Gasteiger partial charge in [0.1, 0.15) is 11.9 Å². The van der Waals surface area contributed by atoms with Gasteiger partial charge >= 0.3 is 0 Å². The average molecular weight is 215 g/mol. The third-order valence-electron chi connectivity index (χ3n) is 2.56. The molecule has 0 aromatic carbocycles. The normalized spacial score (nSPS) is 18.0. The SMILES string of the molecule is Nc1nccc2c1C=N[C@H]2c1ccsc1. The van der Waals surface area contributed by atoms with E-state index < -0.39 is 0 Å². The number of hydrogen-bond donors (Lipinski definition) is 1. The topological polar surface area (TPSA) is 51.3 Å². The molecular weight excluding hydrogens is 206 g/mol. The van der Waals surface area contributed by atoms with Gasteiger partial charge in [-0.05, 0) is 34.0 Å². The summed E-state index contributed by atoms with van der Waals surface area (Å²) >= 11 is 1.68. The van der Waals surface area contributed by atoms with Gasteiger partial charge in [0.2, 0.25) is 0 Å². The summed E-state index contributed by atoms with van der Waals surface area (Å²) in [5.74, 6) is 0.564. The van der Waals surface area contributed by atoms with Gasteiger partial charge in [0.25, 0.3) is 0 Å². The second kappa shape index (κ2) is 3.17. The van der Waals surface area contributed by atoms with Crippen molar-refractivity contribution in [2.24, 2.45) is 4.99 Å². The molecule has 2 N–H and O–H groups in total. The molecule has 0 saturated heterocycles. The maximum atomic E-state index is 5.79. The minimum Gasteiger partial charge on any atom is -0.383 e. The monoisotopic (exact) mass is 215 g/mol. The van der Waals surface area contributed by atoms with Gasteiger partial charge in [0.05, 0.1) is 0 Å². The highest BCUT2D eigenvalue weighted by atomic mass is 32.1. The number of nitrogens with two attached hydrogens (primary N) is 1. The number of pyridine rings is 1. The fourth-order valence-electron chi connectivity index (χ4n) is 1.81. The van der Waals surface area contributed by atoms with Gasteiger partial charge in [0.15, 0.2) is 0 Å². The van der Waals surface area contributed by atoms with Crippen LogP contribution in [0.5, 0.6) is 0 Å². The van der Waals surface area contributed by atoms with Gasteiger partial charge < -0.3 is 5.73 Å². The molecule has 0 amide bonds. The minimum atomic E-state index is 0.108. The van der Waals surface area contributed by atoms with Crippen molar-refractivity contribution in [2.45, 2.75) is 6.04 Å². The van der Waals surface area contributed by atoms with Crippen molar-refractivity contribution >= 4 is 23.4 Å². The van der Waals surface area contributed by atoms with Gasteiger partial charge in [0, 0.05) is 18.0 Å². The summed E-state index contributed by atoms with van der Waals surface area (Å²) < 4.78 is 0. The van der Waals surface area contributed by atoms with Crippen molar-refractivity contribution in [1.82, 2.24) is 4.98 Å². The molecule has 4 heteroatoms. The Morgan fingerprint density at radius 2 is 2.27 bits per heavy atom. The van der Waals surface area contributed by atoms with Gasteiger partial charge in [-0.3, -0.25) is 4.99 Å². The predicted octanol–water partition coefficient (Wildman–Crippen LogP) is 2.25. The van der Waals surface area contributed by atoms with E-state index in [1.807, 2.05) is 12.3 Å². The Balaban J connectivity index is 2.13. The van der Waals surface area contributed by atoms with Crippen LogP contribution in [-0.2, 0) is 0 Å². The molecule has 0 fully saturated rings. The zero-order valence-corrected chi connectivity index (χ0v) is 8.74. The maximum Gasteiger partial charge on any atom is 0.132 e. The van der Waals surface area contributed by atoms with E-state index in [4.69, 9.17) is 5.73 Å². The maximum absolute atomic E-state index is 5.79. The molecule has 0 unspecified atom stereocenters. The van der Waals surface area contributed by atoms with Crippen LogP contribution in [0.2, 0.25) is 0 Å². The number of aliphatic imine (C=N–C) groups is 1. The van der Waals surface area contributed by atoms with E-state index >= 15 is 0 Å². The number of nitrogens with zero attached hydrogens (tertiary/aromatic N) is 2. The second-order valence-electron chi connectivity index (χ2n) is 3.44. The Hall–Kier alpha value is -1.68. The molecule has 2 aromatic rings. The first-order valence-corrected chi connectivity index (χ1v) is 5.60. The molecule has 1 aliphatic rings. The lowest BCUT2D eigenvalue weighted by Crippen LogP contribution is -1.99. The molecule has 74 valence electrons. The molecule has 1 atom stereocenters. The minimum absolute atomic E-state index is 0.108. The fourth-order valence-corrected chi connectivity index (χ4v) is 2.49. The smallest absolute Gasteiger partial charge is 0.132 e. The summed E-state index contributed by atoms with van der Waals surface area (Å²) in [7, 11) is 0. The fraction of sp³-hybridized carbons (Fsp3) is 0.0909. The van der Waals surface area contributed by atoms with Crippen LogP contribution in [0.15, 0.2) is 34.1 Å². The van der Waals surface area contributed by atoms with E-state index in [0.717, 1.165) is 11.1 Å². The number of hydrogen-bond acceptors (Lipinski definition) is 4. The Morgan fingerprint density at radius 3 is 3.07 bits per heavy atom. The van der Waals surface area contributed by atoms with Crippen LogP contribution >= 0.6 is 11.3 Å². The van der Waals surface area contributed by atoms with E-state index in [1.54, 1.807) is 17.5 Å². The van der Waals surface area contributed by atoms with Crippen LogP contribution < -0.4 is 5.73 Å². The largest absolute Gasteiger partial charge is 0.383 e. The summed E-state index contributed by atoms with van der Waals surface area (Å²) in [6.45, 7) is 0. The van der Waals surface area contributed by atoms with Crippen molar-refractivity contribution in [3.63, 3.8) is 0 Å².